The summed E-state index contributed by atoms with van der Waals surface area (Å²) >= 11 is 0. The minimum Gasteiger partial charge on any atom is -0.489 e. The lowest BCUT2D eigenvalue weighted by atomic mass is 9.99. The van der Waals surface area contributed by atoms with E-state index in [2.05, 4.69) is 4.98 Å². The van der Waals surface area contributed by atoms with Crippen LogP contribution < -0.4 is 9.64 Å². The molecule has 2 unspecified atom stereocenters. The fourth-order valence-electron chi connectivity index (χ4n) is 4.38. The Morgan fingerprint density at radius 3 is 2.06 bits per heavy atom. The van der Waals surface area contributed by atoms with E-state index in [0.717, 1.165) is 43.3 Å². The van der Waals surface area contributed by atoms with Crippen molar-refractivity contribution in [3.8, 4) is 11.8 Å². The summed E-state index contributed by atoms with van der Waals surface area (Å²) in [4.78, 5) is 5.99. The van der Waals surface area contributed by atoms with Gasteiger partial charge < -0.3 is 9.64 Å². The topological polar surface area (TPSA) is 49.1 Å². The van der Waals surface area contributed by atoms with E-state index >= 15 is 0 Å². The fourth-order valence-corrected chi connectivity index (χ4v) is 4.38. The first-order valence-corrected chi connectivity index (χ1v) is 9.66. The minimum absolute atomic E-state index is 0.00651. The molecule has 0 amide bonds. The molecule has 2 aliphatic rings. The molecule has 0 aliphatic carbocycles. The van der Waals surface area contributed by atoms with Gasteiger partial charge in [0, 0.05) is 31.1 Å². The van der Waals surface area contributed by atoms with Crippen LogP contribution in [0.2, 0.25) is 0 Å². The molecule has 31 heavy (non-hydrogen) atoms. The van der Waals surface area contributed by atoms with Gasteiger partial charge >= 0.3 is 12.4 Å². The van der Waals surface area contributed by atoms with Gasteiger partial charge in [-0.2, -0.15) is 31.6 Å². The Morgan fingerprint density at radius 2 is 1.55 bits per heavy atom. The third-order valence-electron chi connectivity index (χ3n) is 5.75. The van der Waals surface area contributed by atoms with Gasteiger partial charge in [-0.15, -0.1) is 0 Å². The summed E-state index contributed by atoms with van der Waals surface area (Å²) in [5, 5.41) is 9.23. The highest BCUT2D eigenvalue weighted by Gasteiger charge is 2.43. The molecule has 0 spiro atoms. The van der Waals surface area contributed by atoms with Crippen LogP contribution in [0.1, 0.15) is 42.4 Å². The van der Waals surface area contributed by atoms with E-state index in [1.54, 1.807) is 6.07 Å². The maximum atomic E-state index is 12.9. The molecule has 1 aromatic carbocycles. The quantitative estimate of drug-likeness (QED) is 0.585. The second-order valence-electron chi connectivity index (χ2n) is 7.73. The van der Waals surface area contributed by atoms with Crippen molar-refractivity contribution < 1.29 is 31.1 Å². The van der Waals surface area contributed by atoms with Gasteiger partial charge in [0.15, 0.2) is 0 Å². The molecular weight excluding hydrogens is 424 g/mol. The largest absolute Gasteiger partial charge is 0.489 e. The van der Waals surface area contributed by atoms with Crippen LogP contribution in [0.4, 0.5) is 32.2 Å². The molecule has 2 aliphatic heterocycles. The van der Waals surface area contributed by atoms with Gasteiger partial charge in [0.25, 0.3) is 0 Å². The van der Waals surface area contributed by atoms with Crippen LogP contribution in [0.5, 0.6) is 5.75 Å². The lowest BCUT2D eigenvalue weighted by Crippen LogP contribution is -2.46. The first-order valence-electron chi connectivity index (χ1n) is 9.66. The average molecular weight is 441 g/mol. The van der Waals surface area contributed by atoms with Crippen LogP contribution in [0, 0.1) is 11.3 Å². The zero-order valence-electron chi connectivity index (χ0n) is 16.0. The number of nitriles is 1. The molecule has 3 heterocycles. The number of rotatable bonds is 3. The Bertz CT molecular complexity index is 982. The first-order chi connectivity index (χ1) is 14.6. The van der Waals surface area contributed by atoms with Crippen LogP contribution in [0.15, 0.2) is 36.5 Å². The highest BCUT2D eigenvalue weighted by Crippen LogP contribution is 2.41. The Morgan fingerprint density at radius 1 is 0.935 bits per heavy atom. The molecule has 164 valence electrons. The third-order valence-corrected chi connectivity index (χ3v) is 5.75. The van der Waals surface area contributed by atoms with E-state index in [9.17, 15) is 31.6 Å². The Labute approximate surface area is 174 Å². The van der Waals surface area contributed by atoms with Crippen molar-refractivity contribution in [2.24, 2.45) is 0 Å². The number of anilines is 1. The molecule has 4 rings (SSSR count). The first kappa shape index (κ1) is 21.3. The molecular formula is C21H17F6N3O. The van der Waals surface area contributed by atoms with Crippen molar-refractivity contribution in [1.29, 1.82) is 5.26 Å². The summed E-state index contributed by atoms with van der Waals surface area (Å²) < 4.78 is 82.9. The lowest BCUT2D eigenvalue weighted by molar-refractivity contribution is -0.138. The second kappa shape index (κ2) is 7.62. The number of aromatic nitrogens is 1. The lowest BCUT2D eigenvalue weighted by Gasteiger charge is -2.39. The number of hydrogen-bond donors (Lipinski definition) is 0. The van der Waals surface area contributed by atoms with E-state index in [1.165, 1.54) is 6.07 Å². The Balaban J connectivity index is 1.48. The second-order valence-corrected chi connectivity index (χ2v) is 7.73. The van der Waals surface area contributed by atoms with Crippen molar-refractivity contribution in [1.82, 2.24) is 4.98 Å². The zero-order valence-corrected chi connectivity index (χ0v) is 16.0. The van der Waals surface area contributed by atoms with Crippen molar-refractivity contribution in [3.05, 3.63) is 53.2 Å². The monoisotopic (exact) mass is 441 g/mol. The minimum atomic E-state index is -4.55. The Kier molecular flexibility index (Phi) is 5.23. The number of nitrogens with zero attached hydrogens (tertiary/aromatic N) is 3. The van der Waals surface area contributed by atoms with Gasteiger partial charge in [-0.1, -0.05) is 0 Å². The predicted octanol–water partition coefficient (Wildman–Crippen LogP) is 5.57. The highest BCUT2D eigenvalue weighted by atomic mass is 19.4. The number of fused-ring (bicyclic) bond motifs is 2. The molecule has 0 radical (unpaired) electrons. The van der Waals surface area contributed by atoms with Crippen LogP contribution in [-0.2, 0) is 12.4 Å². The van der Waals surface area contributed by atoms with Crippen LogP contribution in [0.3, 0.4) is 0 Å². The molecule has 0 N–H and O–H groups in total. The average Bonchev–Trinajstić information content (AvgIpc) is 2.97. The van der Waals surface area contributed by atoms with E-state index < -0.39 is 23.5 Å². The van der Waals surface area contributed by atoms with Crippen molar-refractivity contribution in [2.45, 2.75) is 56.2 Å². The smallest absolute Gasteiger partial charge is 0.417 e. The van der Waals surface area contributed by atoms with Gasteiger partial charge in [0.1, 0.15) is 23.7 Å². The molecule has 2 fully saturated rings. The summed E-state index contributed by atoms with van der Waals surface area (Å²) in [6.45, 7) is 0. The maximum Gasteiger partial charge on any atom is 0.417 e. The number of pyridine rings is 1. The normalized spacial score (nSPS) is 23.5. The Hall–Kier alpha value is -2.96. The number of piperidine rings is 1. The van der Waals surface area contributed by atoms with E-state index in [0.29, 0.717) is 18.7 Å². The van der Waals surface area contributed by atoms with Gasteiger partial charge in [0.05, 0.1) is 16.7 Å². The summed E-state index contributed by atoms with van der Waals surface area (Å²) in [7, 11) is 0. The van der Waals surface area contributed by atoms with Crippen LogP contribution in [-0.4, -0.2) is 23.2 Å². The molecule has 10 heteroatoms. The van der Waals surface area contributed by atoms with E-state index in [-0.39, 0.29) is 29.5 Å². The molecule has 2 saturated heterocycles. The van der Waals surface area contributed by atoms with Crippen molar-refractivity contribution in [3.63, 3.8) is 0 Å². The summed E-state index contributed by atoms with van der Waals surface area (Å²) in [6.07, 6.45) is -5.81. The summed E-state index contributed by atoms with van der Waals surface area (Å²) in [5.41, 5.74) is -1.91. The highest BCUT2D eigenvalue weighted by molar-refractivity contribution is 5.47. The predicted molar refractivity (Wildman–Crippen MR) is 98.3 cm³/mol. The van der Waals surface area contributed by atoms with E-state index in [1.807, 2.05) is 4.90 Å². The number of alkyl halides is 6. The number of halogens is 6. The van der Waals surface area contributed by atoms with Crippen molar-refractivity contribution >= 4 is 5.82 Å². The van der Waals surface area contributed by atoms with Crippen LogP contribution in [0.25, 0.3) is 0 Å². The van der Waals surface area contributed by atoms with Gasteiger partial charge in [-0.05, 0) is 43.2 Å². The van der Waals surface area contributed by atoms with Crippen LogP contribution >= 0.6 is 0 Å². The molecule has 2 bridgehead atoms. The number of ether oxygens (including phenoxy) is 1. The van der Waals surface area contributed by atoms with E-state index in [4.69, 9.17) is 4.74 Å². The maximum absolute atomic E-state index is 12.9. The number of hydrogen-bond acceptors (Lipinski definition) is 4. The summed E-state index contributed by atoms with van der Waals surface area (Å²) in [5.74, 6) is 0.562. The SMILES string of the molecule is N#Cc1cc(C(F)(F)F)ccc1OC1CC2CC[C@@H](C1)N2c1ccc(C(F)(F)F)cn1. The summed E-state index contributed by atoms with van der Waals surface area (Å²) in [6, 6.07) is 6.91. The third kappa shape index (κ3) is 4.27. The number of benzene rings is 1. The molecule has 2 aromatic rings. The molecule has 3 atom stereocenters. The van der Waals surface area contributed by atoms with Crippen molar-refractivity contribution in [2.75, 3.05) is 4.90 Å². The molecule has 0 saturated carbocycles. The fraction of sp³-hybridized carbons (Fsp3) is 0.429. The van der Waals surface area contributed by atoms with Gasteiger partial charge in [-0.3, -0.25) is 0 Å². The molecule has 4 nitrogen and oxygen atoms in total. The zero-order chi connectivity index (χ0) is 22.4. The van der Waals surface area contributed by atoms with Gasteiger partial charge in [0.2, 0.25) is 0 Å². The van der Waals surface area contributed by atoms with Gasteiger partial charge in [-0.25, -0.2) is 4.98 Å². The standard InChI is InChI=1S/C21H17F6N3O/c22-20(23,24)13-1-5-18(12(7-13)10-28)31-17-8-15-3-4-16(9-17)30(15)19-6-2-14(11-29-19)21(25,26)27/h1-2,5-7,11,15-17H,3-4,8-9H2/t15-,16?,17?/m0/s1. The molecule has 1 aromatic heterocycles.